The first-order chi connectivity index (χ1) is 19.5. The number of unbranched alkanes of at least 4 members (excludes halogenated alkanes) is 1. The molecule has 1 amide bonds. The van der Waals surface area contributed by atoms with Crippen LogP contribution in [-0.4, -0.2) is 29.0 Å². The van der Waals surface area contributed by atoms with Gasteiger partial charge >= 0.3 is 18.5 Å². The van der Waals surface area contributed by atoms with Crippen LogP contribution in [0.5, 0.6) is 0 Å². The van der Waals surface area contributed by atoms with Crippen LogP contribution in [0, 0.1) is 0 Å². The third-order valence-corrected chi connectivity index (χ3v) is 6.55. The second-order valence-corrected chi connectivity index (χ2v) is 10.1. The number of hydrogen-bond donors (Lipinski definition) is 0. The van der Waals surface area contributed by atoms with Gasteiger partial charge in [-0.3, -0.25) is 9.69 Å². The van der Waals surface area contributed by atoms with Gasteiger partial charge in [-0.1, -0.05) is 13.3 Å². The molecule has 3 aromatic rings. The standard InChI is InChI=1S/C27H24BrF9N4O/c1-3-5-8-40(4-2)22-7-6-17(25(29,30)31)12-21(22)23(42)41(24-38-13-20(28)14-39-24)15-16-9-18(26(32,33)34)11-19(10-16)27(35,36)37/h6-7,9-14H,3-5,8,15H2,1-2H3. The number of amides is 1. The third kappa shape index (κ3) is 8.13. The Hall–Kier alpha value is -3.36. The fourth-order valence-corrected chi connectivity index (χ4v) is 4.28. The number of aromatic nitrogens is 2. The molecule has 0 aliphatic heterocycles. The number of nitrogens with zero attached hydrogens (tertiary/aromatic N) is 4. The molecule has 0 radical (unpaired) electrons. The van der Waals surface area contributed by atoms with Crippen molar-refractivity contribution in [3.63, 3.8) is 0 Å². The zero-order valence-corrected chi connectivity index (χ0v) is 23.7. The fraction of sp³-hybridized carbons (Fsp3) is 0.370. The maximum Gasteiger partial charge on any atom is 0.416 e. The lowest BCUT2D eigenvalue weighted by atomic mass is 10.0. The Morgan fingerprint density at radius 2 is 1.36 bits per heavy atom. The molecule has 1 heterocycles. The summed E-state index contributed by atoms with van der Waals surface area (Å²) in [5.74, 6) is -1.60. The molecule has 3 rings (SSSR count). The fourth-order valence-electron chi connectivity index (χ4n) is 4.07. The molecule has 0 atom stereocenters. The SMILES string of the molecule is CCCCN(CC)c1ccc(C(F)(F)F)cc1C(=O)N(Cc1cc(C(F)(F)F)cc(C(F)(F)F)c1)c1ncc(Br)cn1. The van der Waals surface area contributed by atoms with Crippen LogP contribution in [0.4, 0.5) is 51.1 Å². The number of anilines is 2. The van der Waals surface area contributed by atoms with Crippen LogP contribution in [0.1, 0.15) is 59.3 Å². The number of alkyl halides is 9. The summed E-state index contributed by atoms with van der Waals surface area (Å²) in [5.41, 5.74) is -5.37. The number of carbonyl (C=O) groups excluding carboxylic acids is 1. The maximum absolute atomic E-state index is 14.0. The molecule has 5 nitrogen and oxygen atoms in total. The number of hydrogen-bond acceptors (Lipinski definition) is 4. The lowest BCUT2D eigenvalue weighted by Gasteiger charge is -2.28. The van der Waals surface area contributed by atoms with Gasteiger partial charge < -0.3 is 4.90 Å². The Balaban J connectivity index is 2.24. The highest BCUT2D eigenvalue weighted by Gasteiger charge is 2.38. The summed E-state index contributed by atoms with van der Waals surface area (Å²) in [4.78, 5) is 24.2. The number of rotatable bonds is 9. The molecule has 0 saturated carbocycles. The minimum atomic E-state index is -5.16. The van der Waals surface area contributed by atoms with E-state index >= 15 is 0 Å². The van der Waals surface area contributed by atoms with Gasteiger partial charge in [-0.05, 0) is 71.2 Å². The molecule has 2 aromatic carbocycles. The van der Waals surface area contributed by atoms with Crippen LogP contribution in [0.3, 0.4) is 0 Å². The van der Waals surface area contributed by atoms with Gasteiger partial charge in [-0.2, -0.15) is 39.5 Å². The molecule has 0 fully saturated rings. The summed E-state index contributed by atoms with van der Waals surface area (Å²) in [6.07, 6.45) is -11.5. The minimum Gasteiger partial charge on any atom is -0.371 e. The van der Waals surface area contributed by atoms with Crippen molar-refractivity contribution in [2.75, 3.05) is 22.9 Å². The number of halogens is 10. The van der Waals surface area contributed by atoms with E-state index in [4.69, 9.17) is 0 Å². The average molecular weight is 671 g/mol. The first kappa shape index (κ1) is 33.1. The van der Waals surface area contributed by atoms with E-state index in [1.165, 1.54) is 12.4 Å². The summed E-state index contributed by atoms with van der Waals surface area (Å²) >= 11 is 3.09. The van der Waals surface area contributed by atoms with Gasteiger partial charge in [0.2, 0.25) is 5.95 Å². The van der Waals surface area contributed by atoms with Crippen LogP contribution >= 0.6 is 15.9 Å². The summed E-state index contributed by atoms with van der Waals surface area (Å²) in [6, 6.07) is 3.31. The predicted molar refractivity (Wildman–Crippen MR) is 141 cm³/mol. The predicted octanol–water partition coefficient (Wildman–Crippen LogP) is 8.77. The number of benzene rings is 2. The van der Waals surface area contributed by atoms with Gasteiger partial charge in [0.15, 0.2) is 0 Å². The van der Waals surface area contributed by atoms with E-state index in [1.54, 1.807) is 11.8 Å². The van der Waals surface area contributed by atoms with Gasteiger partial charge in [0.1, 0.15) is 0 Å². The molecule has 0 unspecified atom stereocenters. The van der Waals surface area contributed by atoms with Crippen molar-refractivity contribution in [3.05, 3.63) is 81.1 Å². The van der Waals surface area contributed by atoms with E-state index in [0.717, 1.165) is 18.6 Å². The largest absolute Gasteiger partial charge is 0.416 e. The number of carbonyl (C=O) groups is 1. The quantitative estimate of drug-likeness (QED) is 0.214. The smallest absolute Gasteiger partial charge is 0.371 e. The zero-order valence-electron chi connectivity index (χ0n) is 22.1. The van der Waals surface area contributed by atoms with E-state index in [2.05, 4.69) is 25.9 Å². The van der Waals surface area contributed by atoms with E-state index in [0.29, 0.717) is 47.1 Å². The molecule has 0 aliphatic carbocycles. The van der Waals surface area contributed by atoms with Crippen molar-refractivity contribution in [1.82, 2.24) is 9.97 Å². The van der Waals surface area contributed by atoms with Crippen LogP contribution < -0.4 is 9.80 Å². The van der Waals surface area contributed by atoms with Crippen LogP contribution in [0.25, 0.3) is 0 Å². The molecule has 228 valence electrons. The second kappa shape index (κ2) is 12.9. The molecule has 0 aliphatic rings. The van der Waals surface area contributed by atoms with Crippen molar-refractivity contribution in [3.8, 4) is 0 Å². The Morgan fingerprint density at radius 3 is 1.83 bits per heavy atom. The van der Waals surface area contributed by atoms with Crippen molar-refractivity contribution < 1.29 is 44.3 Å². The molecule has 42 heavy (non-hydrogen) atoms. The maximum atomic E-state index is 14.0. The molecular formula is C27H24BrF9N4O. The normalized spacial score (nSPS) is 12.4. The molecule has 0 bridgehead atoms. The zero-order chi connectivity index (χ0) is 31.5. The van der Waals surface area contributed by atoms with Crippen molar-refractivity contribution >= 4 is 33.5 Å². The Labute approximate surface area is 243 Å². The first-order valence-corrected chi connectivity index (χ1v) is 13.3. The average Bonchev–Trinajstić information content (AvgIpc) is 2.90. The highest BCUT2D eigenvalue weighted by molar-refractivity contribution is 9.10. The van der Waals surface area contributed by atoms with Crippen molar-refractivity contribution in [1.29, 1.82) is 0 Å². The van der Waals surface area contributed by atoms with Crippen LogP contribution in [0.2, 0.25) is 0 Å². The molecule has 15 heteroatoms. The topological polar surface area (TPSA) is 49.3 Å². The van der Waals surface area contributed by atoms with Gasteiger partial charge in [-0.25, -0.2) is 9.97 Å². The lowest BCUT2D eigenvalue weighted by molar-refractivity contribution is -0.143. The summed E-state index contributed by atoms with van der Waals surface area (Å²) in [7, 11) is 0. The molecule has 1 aromatic heterocycles. The summed E-state index contributed by atoms with van der Waals surface area (Å²) in [5, 5.41) is 0. The van der Waals surface area contributed by atoms with Gasteiger partial charge in [0, 0.05) is 31.2 Å². The third-order valence-electron chi connectivity index (χ3n) is 6.14. The van der Waals surface area contributed by atoms with Crippen LogP contribution in [0.15, 0.2) is 53.3 Å². The Kier molecular flexibility index (Phi) is 10.2. The van der Waals surface area contributed by atoms with E-state index in [1.807, 2.05) is 6.92 Å². The highest BCUT2D eigenvalue weighted by Crippen LogP contribution is 2.38. The second-order valence-electron chi connectivity index (χ2n) is 9.17. The Morgan fingerprint density at radius 1 is 0.810 bits per heavy atom. The molecular weight excluding hydrogens is 647 g/mol. The van der Waals surface area contributed by atoms with Gasteiger partial charge in [0.05, 0.1) is 33.3 Å². The Bertz CT molecular complexity index is 1360. The first-order valence-electron chi connectivity index (χ1n) is 12.5. The van der Waals surface area contributed by atoms with E-state index < -0.39 is 64.7 Å². The molecule has 0 spiro atoms. The van der Waals surface area contributed by atoms with Crippen molar-refractivity contribution in [2.24, 2.45) is 0 Å². The van der Waals surface area contributed by atoms with Gasteiger partial charge in [0.25, 0.3) is 5.91 Å². The lowest BCUT2D eigenvalue weighted by Crippen LogP contribution is -2.35. The monoisotopic (exact) mass is 670 g/mol. The van der Waals surface area contributed by atoms with Crippen molar-refractivity contribution in [2.45, 2.75) is 51.8 Å². The van der Waals surface area contributed by atoms with E-state index in [-0.39, 0.29) is 11.8 Å². The molecule has 0 saturated heterocycles. The minimum absolute atomic E-state index is 0.0659. The van der Waals surface area contributed by atoms with E-state index in [9.17, 15) is 44.3 Å². The summed E-state index contributed by atoms with van der Waals surface area (Å²) in [6.45, 7) is 3.37. The van der Waals surface area contributed by atoms with Crippen LogP contribution in [-0.2, 0) is 25.1 Å². The highest BCUT2D eigenvalue weighted by atomic mass is 79.9. The summed E-state index contributed by atoms with van der Waals surface area (Å²) < 4.78 is 122. The van der Waals surface area contributed by atoms with Gasteiger partial charge in [-0.15, -0.1) is 0 Å². The molecule has 0 N–H and O–H groups in total.